The number of methoxy groups -OCH3 is 1. The van der Waals surface area contributed by atoms with Crippen molar-refractivity contribution in [3.05, 3.63) is 24.3 Å². The van der Waals surface area contributed by atoms with Crippen LogP contribution >= 0.6 is 11.6 Å². The molecule has 0 unspecified atom stereocenters. The lowest BCUT2D eigenvalue weighted by Gasteiger charge is -2.21. The van der Waals surface area contributed by atoms with E-state index >= 15 is 0 Å². The first-order chi connectivity index (χ1) is 10.3. The fourth-order valence-electron chi connectivity index (χ4n) is 2.56. The lowest BCUT2D eigenvalue weighted by Crippen LogP contribution is -2.34. The summed E-state index contributed by atoms with van der Waals surface area (Å²) >= 11 is 5.81. The van der Waals surface area contributed by atoms with Crippen LogP contribution in [0.4, 0.5) is 0 Å². The minimum absolute atomic E-state index is 0.723. The molecule has 118 valence electrons. The van der Waals surface area contributed by atoms with Crippen molar-refractivity contribution in [1.82, 2.24) is 9.80 Å². The van der Waals surface area contributed by atoms with Gasteiger partial charge in [-0.2, -0.15) is 0 Å². The highest BCUT2D eigenvalue weighted by atomic mass is 35.5. The lowest BCUT2D eigenvalue weighted by atomic mass is 10.3. The van der Waals surface area contributed by atoms with Crippen LogP contribution in [0.25, 0.3) is 0 Å². The number of ether oxygens (including phenoxy) is 2. The van der Waals surface area contributed by atoms with Gasteiger partial charge >= 0.3 is 0 Å². The van der Waals surface area contributed by atoms with Gasteiger partial charge in [-0.3, -0.25) is 4.90 Å². The van der Waals surface area contributed by atoms with E-state index in [9.17, 15) is 0 Å². The average Bonchev–Trinajstić information content (AvgIpc) is 2.74. The molecule has 1 saturated heterocycles. The average molecular weight is 313 g/mol. The van der Waals surface area contributed by atoms with Gasteiger partial charge in [0.2, 0.25) is 0 Å². The Morgan fingerprint density at radius 2 is 1.57 bits per heavy atom. The van der Waals surface area contributed by atoms with E-state index in [4.69, 9.17) is 21.1 Å². The van der Waals surface area contributed by atoms with Crippen molar-refractivity contribution in [3.63, 3.8) is 0 Å². The van der Waals surface area contributed by atoms with Crippen LogP contribution in [0.3, 0.4) is 0 Å². The van der Waals surface area contributed by atoms with Gasteiger partial charge in [0, 0.05) is 32.1 Å². The van der Waals surface area contributed by atoms with E-state index in [1.165, 1.54) is 6.42 Å². The molecule has 1 aromatic rings. The summed E-state index contributed by atoms with van der Waals surface area (Å²) in [6.45, 7) is 7.20. The lowest BCUT2D eigenvalue weighted by molar-refractivity contribution is 0.210. The second-order valence-corrected chi connectivity index (χ2v) is 5.63. The van der Waals surface area contributed by atoms with E-state index < -0.39 is 0 Å². The number of halogens is 1. The summed E-state index contributed by atoms with van der Waals surface area (Å²) < 4.78 is 10.9. The molecule has 2 rings (SSSR count). The second kappa shape index (κ2) is 9.13. The van der Waals surface area contributed by atoms with Gasteiger partial charge in [0.15, 0.2) is 0 Å². The molecule has 0 aromatic heterocycles. The quantitative estimate of drug-likeness (QED) is 0.721. The molecule has 4 nitrogen and oxygen atoms in total. The Kier molecular flexibility index (Phi) is 7.13. The first-order valence-electron chi connectivity index (χ1n) is 7.59. The molecule has 0 spiro atoms. The van der Waals surface area contributed by atoms with Crippen LogP contribution in [0.1, 0.15) is 6.42 Å². The Bertz CT molecular complexity index is 400. The summed E-state index contributed by atoms with van der Waals surface area (Å²) in [6, 6.07) is 7.74. The molecule has 0 atom stereocenters. The first kappa shape index (κ1) is 16.4. The molecule has 0 N–H and O–H groups in total. The SMILES string of the molecule is COc1ccc(OCCN2CCCN(CCCl)CC2)cc1. The molecular weight excluding hydrogens is 288 g/mol. The highest BCUT2D eigenvalue weighted by Crippen LogP contribution is 2.16. The van der Waals surface area contributed by atoms with Gasteiger partial charge < -0.3 is 14.4 Å². The maximum atomic E-state index is 5.81. The Labute approximate surface area is 132 Å². The molecule has 0 saturated carbocycles. The fraction of sp³-hybridized carbons (Fsp3) is 0.625. The van der Waals surface area contributed by atoms with Gasteiger partial charge in [-0.15, -0.1) is 11.6 Å². The zero-order chi connectivity index (χ0) is 14.9. The predicted molar refractivity (Wildman–Crippen MR) is 86.7 cm³/mol. The van der Waals surface area contributed by atoms with Crippen LogP contribution in [0.5, 0.6) is 11.5 Å². The van der Waals surface area contributed by atoms with Crippen LogP contribution in [0.15, 0.2) is 24.3 Å². The van der Waals surface area contributed by atoms with Gasteiger partial charge in [0.1, 0.15) is 18.1 Å². The second-order valence-electron chi connectivity index (χ2n) is 5.25. The highest BCUT2D eigenvalue weighted by molar-refractivity contribution is 6.18. The summed E-state index contributed by atoms with van der Waals surface area (Å²) in [5, 5.41) is 0. The third-order valence-corrected chi connectivity index (χ3v) is 3.99. The molecule has 1 aromatic carbocycles. The number of rotatable bonds is 7. The molecule has 1 heterocycles. The molecule has 1 fully saturated rings. The molecular formula is C16H25ClN2O2. The Balaban J connectivity index is 1.68. The third kappa shape index (κ3) is 5.73. The van der Waals surface area contributed by atoms with Crippen LogP contribution < -0.4 is 9.47 Å². The minimum Gasteiger partial charge on any atom is -0.497 e. The van der Waals surface area contributed by atoms with Crippen molar-refractivity contribution in [2.45, 2.75) is 6.42 Å². The summed E-state index contributed by atoms with van der Waals surface area (Å²) in [5.74, 6) is 2.48. The van der Waals surface area contributed by atoms with Gasteiger partial charge in [0.25, 0.3) is 0 Å². The minimum atomic E-state index is 0.723. The normalized spacial score (nSPS) is 17.4. The van der Waals surface area contributed by atoms with Crippen molar-refractivity contribution in [3.8, 4) is 11.5 Å². The molecule has 0 bridgehead atoms. The van der Waals surface area contributed by atoms with E-state index in [0.29, 0.717) is 0 Å². The van der Waals surface area contributed by atoms with E-state index in [1.54, 1.807) is 7.11 Å². The summed E-state index contributed by atoms with van der Waals surface area (Å²) in [7, 11) is 1.67. The van der Waals surface area contributed by atoms with Crippen LogP contribution in [0.2, 0.25) is 0 Å². The van der Waals surface area contributed by atoms with Crippen LogP contribution in [-0.2, 0) is 0 Å². The van der Waals surface area contributed by atoms with Gasteiger partial charge in [0.05, 0.1) is 7.11 Å². The largest absolute Gasteiger partial charge is 0.497 e. The zero-order valence-electron chi connectivity index (χ0n) is 12.8. The highest BCUT2D eigenvalue weighted by Gasteiger charge is 2.13. The van der Waals surface area contributed by atoms with Crippen LogP contribution in [0, 0.1) is 0 Å². The standard InChI is InChI=1S/C16H25ClN2O2/c1-20-15-3-5-16(6-4-15)21-14-13-19-9-2-8-18(10-7-17)11-12-19/h3-6H,2,7-14H2,1H3. The van der Waals surface area contributed by atoms with Crippen molar-refractivity contribution in [2.75, 3.05) is 58.9 Å². The molecule has 5 heteroatoms. The van der Waals surface area contributed by atoms with E-state index in [0.717, 1.165) is 63.3 Å². The Morgan fingerprint density at radius 3 is 2.19 bits per heavy atom. The van der Waals surface area contributed by atoms with Crippen molar-refractivity contribution in [2.24, 2.45) is 0 Å². The summed E-state index contributed by atoms with van der Waals surface area (Å²) in [4.78, 5) is 4.91. The summed E-state index contributed by atoms with van der Waals surface area (Å²) in [5.41, 5.74) is 0. The topological polar surface area (TPSA) is 24.9 Å². The molecule has 0 aliphatic carbocycles. The molecule has 0 radical (unpaired) electrons. The fourth-order valence-corrected chi connectivity index (χ4v) is 2.79. The van der Waals surface area contributed by atoms with Gasteiger partial charge in [-0.05, 0) is 43.8 Å². The zero-order valence-corrected chi connectivity index (χ0v) is 13.5. The Hall–Kier alpha value is -0.970. The molecule has 21 heavy (non-hydrogen) atoms. The smallest absolute Gasteiger partial charge is 0.119 e. The maximum absolute atomic E-state index is 5.81. The van der Waals surface area contributed by atoms with Gasteiger partial charge in [-0.1, -0.05) is 0 Å². The van der Waals surface area contributed by atoms with E-state index in [2.05, 4.69) is 9.80 Å². The van der Waals surface area contributed by atoms with Crippen molar-refractivity contribution < 1.29 is 9.47 Å². The van der Waals surface area contributed by atoms with E-state index in [1.807, 2.05) is 24.3 Å². The van der Waals surface area contributed by atoms with Crippen LogP contribution in [-0.4, -0.2) is 68.7 Å². The predicted octanol–water partition coefficient (Wildman–Crippen LogP) is 2.32. The monoisotopic (exact) mass is 312 g/mol. The van der Waals surface area contributed by atoms with Crippen molar-refractivity contribution in [1.29, 1.82) is 0 Å². The Morgan fingerprint density at radius 1 is 0.952 bits per heavy atom. The molecule has 1 aliphatic rings. The summed E-state index contributed by atoms with van der Waals surface area (Å²) in [6.07, 6.45) is 1.21. The number of hydrogen-bond donors (Lipinski definition) is 0. The van der Waals surface area contributed by atoms with Gasteiger partial charge in [-0.25, -0.2) is 0 Å². The number of benzene rings is 1. The maximum Gasteiger partial charge on any atom is 0.119 e. The van der Waals surface area contributed by atoms with E-state index in [-0.39, 0.29) is 0 Å². The number of alkyl halides is 1. The molecule has 1 aliphatic heterocycles. The van der Waals surface area contributed by atoms with Crippen molar-refractivity contribution >= 4 is 11.6 Å². The number of nitrogens with zero attached hydrogens (tertiary/aromatic N) is 2. The number of hydrogen-bond acceptors (Lipinski definition) is 4. The first-order valence-corrected chi connectivity index (χ1v) is 8.13. The third-order valence-electron chi connectivity index (χ3n) is 3.82. The molecule has 0 amide bonds.